The van der Waals surface area contributed by atoms with Crippen molar-refractivity contribution in [2.45, 2.75) is 52.0 Å². The first-order chi connectivity index (χ1) is 16.0. The maximum atomic E-state index is 12.9. The highest BCUT2D eigenvalue weighted by Gasteiger charge is 2.33. The number of piperidine rings is 1. The molecule has 0 aromatic heterocycles. The Kier molecular flexibility index (Phi) is 9.04. The van der Waals surface area contributed by atoms with Crippen LogP contribution in [0.4, 0.5) is 0 Å². The minimum atomic E-state index is -0.605. The van der Waals surface area contributed by atoms with E-state index in [1.54, 1.807) is 12.1 Å². The van der Waals surface area contributed by atoms with Gasteiger partial charge >= 0.3 is 0 Å². The van der Waals surface area contributed by atoms with Crippen LogP contribution in [0.15, 0.2) is 54.6 Å². The molecule has 1 fully saturated rings. The Morgan fingerprint density at radius 3 is 2.30 bits per heavy atom. The second-order valence-electron chi connectivity index (χ2n) is 8.81. The highest BCUT2D eigenvalue weighted by Crippen LogP contribution is 2.22. The van der Waals surface area contributed by atoms with Crippen molar-refractivity contribution in [1.29, 1.82) is 0 Å². The van der Waals surface area contributed by atoms with Gasteiger partial charge in [-0.25, -0.2) is 0 Å². The molecule has 1 atom stereocenters. The zero-order chi connectivity index (χ0) is 23.6. The number of carbonyl (C=O) groups excluding carboxylic acids is 3. The minimum absolute atomic E-state index is 0.00516. The fraction of sp³-hybridized carbons (Fsp3) is 0.444. The Hall–Kier alpha value is -3.15. The van der Waals surface area contributed by atoms with E-state index in [0.717, 1.165) is 24.0 Å². The van der Waals surface area contributed by atoms with Crippen LogP contribution >= 0.6 is 0 Å². The first-order valence-corrected chi connectivity index (χ1v) is 11.9. The van der Waals surface area contributed by atoms with Crippen molar-refractivity contribution in [2.24, 2.45) is 5.92 Å². The lowest BCUT2D eigenvalue weighted by Crippen LogP contribution is -2.54. The van der Waals surface area contributed by atoms with E-state index in [9.17, 15) is 14.4 Å². The Morgan fingerprint density at radius 2 is 1.67 bits per heavy atom. The summed E-state index contributed by atoms with van der Waals surface area (Å²) in [5.41, 5.74) is 2.78. The monoisotopic (exact) mass is 449 g/mol. The molecule has 3 amide bonds. The topological polar surface area (TPSA) is 78.5 Å². The number of aryl methyl sites for hydroxylation is 2. The Labute approximate surface area is 196 Å². The first-order valence-electron chi connectivity index (χ1n) is 11.9. The van der Waals surface area contributed by atoms with Gasteiger partial charge in [0.1, 0.15) is 6.04 Å². The number of carbonyl (C=O) groups is 3. The predicted octanol–water partition coefficient (Wildman–Crippen LogP) is 3.49. The zero-order valence-corrected chi connectivity index (χ0v) is 19.7. The molecule has 2 aromatic carbocycles. The number of amides is 3. The van der Waals surface area contributed by atoms with Gasteiger partial charge in [-0.3, -0.25) is 14.4 Å². The van der Waals surface area contributed by atoms with E-state index < -0.39 is 6.04 Å². The predicted molar refractivity (Wildman–Crippen MR) is 130 cm³/mol. The van der Waals surface area contributed by atoms with E-state index in [1.165, 1.54) is 0 Å². The lowest BCUT2D eigenvalue weighted by Gasteiger charge is -2.36. The molecular weight excluding hydrogens is 414 g/mol. The van der Waals surface area contributed by atoms with Crippen LogP contribution in [-0.4, -0.2) is 48.3 Å². The fourth-order valence-electron chi connectivity index (χ4n) is 4.22. The summed E-state index contributed by atoms with van der Waals surface area (Å²) in [6.45, 7) is 5.76. The van der Waals surface area contributed by atoms with Crippen molar-refractivity contribution in [3.05, 3.63) is 71.3 Å². The van der Waals surface area contributed by atoms with Gasteiger partial charge in [-0.2, -0.15) is 0 Å². The van der Waals surface area contributed by atoms with Crippen LogP contribution in [-0.2, 0) is 16.0 Å². The number of nitrogens with zero attached hydrogens (tertiary/aromatic N) is 1. The third-order valence-corrected chi connectivity index (χ3v) is 6.27. The summed E-state index contributed by atoms with van der Waals surface area (Å²) in [4.78, 5) is 40.3. The average Bonchev–Trinajstić information content (AvgIpc) is 2.85. The summed E-state index contributed by atoms with van der Waals surface area (Å²) < 4.78 is 0. The summed E-state index contributed by atoms with van der Waals surface area (Å²) in [5.74, 6) is -0.249. The van der Waals surface area contributed by atoms with Crippen LogP contribution in [0.5, 0.6) is 0 Å². The Balaban J connectivity index is 1.58. The molecule has 1 saturated heterocycles. The molecule has 2 aromatic rings. The molecule has 1 aliphatic rings. The number of likely N-dealkylation sites (tertiary alicyclic amines) is 1. The Morgan fingerprint density at radius 1 is 1.00 bits per heavy atom. The molecule has 3 rings (SSSR count). The standard InChI is InChI=1S/C27H35N3O3/c1-3-17-28-27(33)25(29-26(32)23-12-9-20(2)10-13-23)22-15-18-30(19-16-22)24(31)14-11-21-7-5-4-6-8-21/h4-10,12-13,22,25H,3,11,14-19H2,1-2H3,(H,28,33)(H,29,32)/t25-/m0/s1. The van der Waals surface area contributed by atoms with Gasteiger partial charge in [-0.1, -0.05) is 55.0 Å². The van der Waals surface area contributed by atoms with Crippen LogP contribution in [0.3, 0.4) is 0 Å². The maximum Gasteiger partial charge on any atom is 0.251 e. The van der Waals surface area contributed by atoms with Gasteiger partial charge < -0.3 is 15.5 Å². The molecular formula is C27H35N3O3. The summed E-state index contributed by atoms with van der Waals surface area (Å²) in [6.07, 6.45) is 3.43. The van der Waals surface area contributed by atoms with Gasteiger partial charge in [0.2, 0.25) is 11.8 Å². The van der Waals surface area contributed by atoms with Gasteiger partial charge in [-0.15, -0.1) is 0 Å². The second-order valence-corrected chi connectivity index (χ2v) is 8.81. The molecule has 0 aliphatic carbocycles. The van der Waals surface area contributed by atoms with Crippen molar-refractivity contribution in [1.82, 2.24) is 15.5 Å². The van der Waals surface area contributed by atoms with Crippen molar-refractivity contribution in [2.75, 3.05) is 19.6 Å². The van der Waals surface area contributed by atoms with Crippen molar-refractivity contribution in [3.8, 4) is 0 Å². The molecule has 0 radical (unpaired) electrons. The van der Waals surface area contributed by atoms with E-state index in [4.69, 9.17) is 0 Å². The number of nitrogens with one attached hydrogen (secondary N) is 2. The van der Waals surface area contributed by atoms with Gasteiger partial charge in [0.05, 0.1) is 0 Å². The zero-order valence-electron chi connectivity index (χ0n) is 19.7. The van der Waals surface area contributed by atoms with Crippen LogP contribution in [0.2, 0.25) is 0 Å². The molecule has 0 bridgehead atoms. The average molecular weight is 450 g/mol. The lowest BCUT2D eigenvalue weighted by atomic mass is 9.88. The van der Waals surface area contributed by atoms with Gasteiger partial charge in [0.25, 0.3) is 5.91 Å². The second kappa shape index (κ2) is 12.2. The van der Waals surface area contributed by atoms with Crippen molar-refractivity contribution < 1.29 is 14.4 Å². The number of benzene rings is 2. The van der Waals surface area contributed by atoms with E-state index in [-0.39, 0.29) is 23.6 Å². The summed E-state index contributed by atoms with van der Waals surface area (Å²) in [7, 11) is 0. The molecule has 6 nitrogen and oxygen atoms in total. The molecule has 0 saturated carbocycles. The number of hydrogen-bond acceptors (Lipinski definition) is 3. The third-order valence-electron chi connectivity index (χ3n) is 6.27. The largest absolute Gasteiger partial charge is 0.354 e. The quantitative estimate of drug-likeness (QED) is 0.615. The van der Waals surface area contributed by atoms with Gasteiger partial charge in [-0.05, 0) is 56.2 Å². The Bertz CT molecular complexity index is 919. The van der Waals surface area contributed by atoms with Crippen LogP contribution in [0.25, 0.3) is 0 Å². The van der Waals surface area contributed by atoms with E-state index in [1.807, 2.05) is 61.2 Å². The fourth-order valence-corrected chi connectivity index (χ4v) is 4.22. The molecule has 33 heavy (non-hydrogen) atoms. The van der Waals surface area contributed by atoms with E-state index in [2.05, 4.69) is 10.6 Å². The summed E-state index contributed by atoms with van der Waals surface area (Å²) in [6, 6.07) is 16.7. The highest BCUT2D eigenvalue weighted by molar-refractivity contribution is 5.97. The molecule has 6 heteroatoms. The van der Waals surface area contributed by atoms with Crippen LogP contribution in [0, 0.1) is 12.8 Å². The number of hydrogen-bond donors (Lipinski definition) is 2. The lowest BCUT2D eigenvalue weighted by molar-refractivity contribution is -0.133. The molecule has 0 spiro atoms. The number of rotatable bonds is 9. The minimum Gasteiger partial charge on any atom is -0.354 e. The van der Waals surface area contributed by atoms with E-state index in [0.29, 0.717) is 44.5 Å². The molecule has 1 aliphatic heterocycles. The summed E-state index contributed by atoms with van der Waals surface area (Å²) in [5, 5.41) is 5.90. The van der Waals surface area contributed by atoms with Gasteiger partial charge in [0.15, 0.2) is 0 Å². The van der Waals surface area contributed by atoms with Crippen LogP contribution in [0.1, 0.15) is 54.1 Å². The van der Waals surface area contributed by atoms with Gasteiger partial charge in [0, 0.05) is 31.6 Å². The third kappa shape index (κ3) is 7.17. The highest BCUT2D eigenvalue weighted by atomic mass is 16.2. The molecule has 176 valence electrons. The van der Waals surface area contributed by atoms with E-state index >= 15 is 0 Å². The van der Waals surface area contributed by atoms with Crippen LogP contribution < -0.4 is 10.6 Å². The maximum absolute atomic E-state index is 12.9. The smallest absolute Gasteiger partial charge is 0.251 e. The molecule has 1 heterocycles. The SMILES string of the molecule is CCCNC(=O)[C@@H](NC(=O)c1ccc(C)cc1)C1CCN(C(=O)CCc2ccccc2)CC1. The molecule has 0 unspecified atom stereocenters. The summed E-state index contributed by atoms with van der Waals surface area (Å²) >= 11 is 0. The first kappa shape index (κ1) is 24.5. The molecule has 2 N–H and O–H groups in total. The van der Waals surface area contributed by atoms with Crippen molar-refractivity contribution >= 4 is 17.7 Å². The normalized spacial score (nSPS) is 15.0. The van der Waals surface area contributed by atoms with Crippen molar-refractivity contribution in [3.63, 3.8) is 0 Å².